The second-order valence-electron chi connectivity index (χ2n) is 10.7. The number of aromatic nitrogens is 1. The SMILES string of the molecule is O[C@H]1CC[C@@H](Cc2cc(CN3CCN(c4ccccc4)CC3)on2)O[C@@H]1CNCC1CCCCC1. The molecule has 0 amide bonds. The van der Waals surface area contributed by atoms with E-state index in [1.54, 1.807) is 0 Å². The molecule has 0 unspecified atom stereocenters. The first-order chi connectivity index (χ1) is 17.2. The smallest absolute Gasteiger partial charge is 0.150 e. The van der Waals surface area contributed by atoms with Crippen LogP contribution in [0.2, 0.25) is 0 Å². The summed E-state index contributed by atoms with van der Waals surface area (Å²) in [5.74, 6) is 1.71. The number of aliphatic hydroxyl groups is 1. The molecule has 3 aliphatic rings. The van der Waals surface area contributed by atoms with Crippen molar-refractivity contribution in [3.63, 3.8) is 0 Å². The van der Waals surface area contributed by atoms with Gasteiger partial charge in [-0.25, -0.2) is 0 Å². The van der Waals surface area contributed by atoms with E-state index >= 15 is 0 Å². The van der Waals surface area contributed by atoms with Crippen LogP contribution in [0.4, 0.5) is 5.69 Å². The van der Waals surface area contributed by atoms with Crippen LogP contribution in [-0.2, 0) is 17.7 Å². The van der Waals surface area contributed by atoms with Gasteiger partial charge in [-0.15, -0.1) is 0 Å². The number of aliphatic hydroxyl groups excluding tert-OH is 1. The van der Waals surface area contributed by atoms with E-state index < -0.39 is 0 Å². The topological polar surface area (TPSA) is 74.0 Å². The third kappa shape index (κ3) is 7.06. The number of rotatable bonds is 9. The van der Waals surface area contributed by atoms with Gasteiger partial charge in [-0.1, -0.05) is 42.6 Å². The molecule has 35 heavy (non-hydrogen) atoms. The molecule has 0 bridgehead atoms. The number of hydrogen-bond acceptors (Lipinski definition) is 7. The number of piperazine rings is 1. The highest BCUT2D eigenvalue weighted by Crippen LogP contribution is 2.25. The predicted octanol–water partition coefficient (Wildman–Crippen LogP) is 3.62. The normalized spacial score (nSPS) is 26.8. The van der Waals surface area contributed by atoms with Crippen molar-refractivity contribution >= 4 is 5.69 Å². The van der Waals surface area contributed by atoms with Crippen LogP contribution in [0.15, 0.2) is 40.9 Å². The summed E-state index contributed by atoms with van der Waals surface area (Å²) in [6, 6.07) is 12.7. The lowest BCUT2D eigenvalue weighted by Gasteiger charge is -2.35. The highest BCUT2D eigenvalue weighted by atomic mass is 16.5. The van der Waals surface area contributed by atoms with Crippen molar-refractivity contribution in [2.24, 2.45) is 5.92 Å². The number of nitrogens with one attached hydrogen (secondary N) is 1. The van der Waals surface area contributed by atoms with E-state index in [4.69, 9.17) is 9.26 Å². The monoisotopic (exact) mass is 482 g/mol. The van der Waals surface area contributed by atoms with Crippen LogP contribution in [0.3, 0.4) is 0 Å². The zero-order valence-corrected chi connectivity index (χ0v) is 21.0. The number of nitrogens with zero attached hydrogens (tertiary/aromatic N) is 3. The van der Waals surface area contributed by atoms with E-state index in [2.05, 4.69) is 56.7 Å². The summed E-state index contributed by atoms with van der Waals surface area (Å²) >= 11 is 0. The number of hydrogen-bond donors (Lipinski definition) is 2. The standard InChI is InChI=1S/C28H42N4O3/c33-27-12-11-25(34-28(27)20-29-19-22-7-3-1-4-8-22)17-23-18-26(35-30-23)21-31-13-15-32(16-14-31)24-9-5-2-6-10-24/h2,5-6,9-10,18,22,25,27-29,33H,1,3-4,7-8,11-17,19-21H2/t25-,27-,28+/m0/s1. The molecular formula is C28H42N4O3. The van der Waals surface area contributed by atoms with E-state index in [1.165, 1.54) is 37.8 Å². The molecule has 2 N–H and O–H groups in total. The Morgan fingerprint density at radius 3 is 2.54 bits per heavy atom. The van der Waals surface area contributed by atoms with Gasteiger partial charge in [0.05, 0.1) is 30.6 Å². The van der Waals surface area contributed by atoms with E-state index in [0.717, 1.165) is 82.4 Å². The van der Waals surface area contributed by atoms with Crippen molar-refractivity contribution in [2.45, 2.75) is 76.2 Å². The van der Waals surface area contributed by atoms with Crippen LogP contribution >= 0.6 is 0 Å². The molecule has 1 saturated carbocycles. The third-order valence-electron chi connectivity index (χ3n) is 8.00. The maximum absolute atomic E-state index is 10.5. The van der Waals surface area contributed by atoms with Crippen molar-refractivity contribution in [2.75, 3.05) is 44.2 Å². The Morgan fingerprint density at radius 2 is 1.74 bits per heavy atom. The van der Waals surface area contributed by atoms with Crippen molar-refractivity contribution < 1.29 is 14.4 Å². The first-order valence-corrected chi connectivity index (χ1v) is 13.7. The van der Waals surface area contributed by atoms with Crippen molar-refractivity contribution in [3.05, 3.63) is 47.9 Å². The molecule has 1 aromatic heterocycles. The Labute approximate surface area is 209 Å². The van der Waals surface area contributed by atoms with Crippen LogP contribution in [0.25, 0.3) is 0 Å². The summed E-state index contributed by atoms with van der Waals surface area (Å²) in [6.45, 7) is 6.66. The van der Waals surface area contributed by atoms with Crippen LogP contribution in [0, 0.1) is 5.92 Å². The van der Waals surface area contributed by atoms with Gasteiger partial charge >= 0.3 is 0 Å². The zero-order chi connectivity index (χ0) is 23.9. The van der Waals surface area contributed by atoms with Gasteiger partial charge in [0, 0.05) is 50.9 Å². The molecule has 2 aliphatic heterocycles. The maximum Gasteiger partial charge on any atom is 0.150 e. The summed E-state index contributed by atoms with van der Waals surface area (Å²) in [5.41, 5.74) is 2.26. The minimum absolute atomic E-state index is 0.0900. The Hall–Kier alpha value is -1.93. The van der Waals surface area contributed by atoms with Gasteiger partial charge in [0.1, 0.15) is 0 Å². The summed E-state index contributed by atoms with van der Waals surface area (Å²) < 4.78 is 12.0. The Kier molecular flexibility index (Phi) is 8.73. The number of ether oxygens (including phenoxy) is 1. The lowest BCUT2D eigenvalue weighted by molar-refractivity contribution is -0.115. The molecule has 2 aromatic rings. The maximum atomic E-state index is 10.5. The van der Waals surface area contributed by atoms with Crippen LogP contribution in [0.1, 0.15) is 56.4 Å². The molecule has 5 rings (SSSR count). The Balaban J connectivity index is 1.04. The van der Waals surface area contributed by atoms with E-state index in [1.807, 2.05) is 0 Å². The second-order valence-corrected chi connectivity index (χ2v) is 10.7. The molecule has 1 aliphatic carbocycles. The van der Waals surface area contributed by atoms with Gasteiger partial charge in [0.25, 0.3) is 0 Å². The molecule has 192 valence electrons. The molecule has 3 heterocycles. The van der Waals surface area contributed by atoms with Gasteiger partial charge in [-0.3, -0.25) is 4.90 Å². The molecule has 2 saturated heterocycles. The van der Waals surface area contributed by atoms with Crippen LogP contribution in [0.5, 0.6) is 0 Å². The Bertz CT molecular complexity index is 877. The second kappa shape index (κ2) is 12.3. The van der Waals surface area contributed by atoms with E-state index in [-0.39, 0.29) is 18.3 Å². The minimum atomic E-state index is -0.382. The quantitative estimate of drug-likeness (QED) is 0.566. The van der Waals surface area contributed by atoms with Crippen molar-refractivity contribution in [3.8, 4) is 0 Å². The predicted molar refractivity (Wildman–Crippen MR) is 137 cm³/mol. The van der Waals surface area contributed by atoms with Crippen molar-refractivity contribution in [1.29, 1.82) is 0 Å². The molecule has 0 radical (unpaired) electrons. The van der Waals surface area contributed by atoms with Gasteiger partial charge < -0.3 is 24.6 Å². The fraction of sp³-hybridized carbons (Fsp3) is 0.679. The van der Waals surface area contributed by atoms with Gasteiger partial charge in [0.2, 0.25) is 0 Å². The lowest BCUT2D eigenvalue weighted by Crippen LogP contribution is -2.46. The summed E-state index contributed by atoms with van der Waals surface area (Å²) in [7, 11) is 0. The Morgan fingerprint density at radius 1 is 0.943 bits per heavy atom. The highest BCUT2D eigenvalue weighted by Gasteiger charge is 2.30. The zero-order valence-electron chi connectivity index (χ0n) is 21.0. The lowest BCUT2D eigenvalue weighted by atomic mass is 9.89. The van der Waals surface area contributed by atoms with Crippen LogP contribution < -0.4 is 10.2 Å². The van der Waals surface area contributed by atoms with Gasteiger partial charge in [0.15, 0.2) is 5.76 Å². The average Bonchev–Trinajstić information content (AvgIpc) is 3.34. The fourth-order valence-electron chi connectivity index (χ4n) is 5.89. The molecule has 3 fully saturated rings. The van der Waals surface area contributed by atoms with Crippen molar-refractivity contribution in [1.82, 2.24) is 15.4 Å². The summed E-state index contributed by atoms with van der Waals surface area (Å²) in [5, 5.41) is 18.4. The van der Waals surface area contributed by atoms with Gasteiger partial charge in [-0.2, -0.15) is 0 Å². The first kappa shape index (κ1) is 24.8. The number of anilines is 1. The third-order valence-corrected chi connectivity index (χ3v) is 8.00. The fourth-order valence-corrected chi connectivity index (χ4v) is 5.89. The largest absolute Gasteiger partial charge is 0.390 e. The number of benzene rings is 1. The summed E-state index contributed by atoms with van der Waals surface area (Å²) in [4.78, 5) is 4.88. The molecule has 7 heteroatoms. The minimum Gasteiger partial charge on any atom is -0.390 e. The van der Waals surface area contributed by atoms with E-state index in [9.17, 15) is 5.11 Å². The van der Waals surface area contributed by atoms with Crippen LogP contribution in [-0.4, -0.2) is 72.7 Å². The number of para-hydroxylation sites is 1. The van der Waals surface area contributed by atoms with E-state index in [0.29, 0.717) is 0 Å². The van der Waals surface area contributed by atoms with Gasteiger partial charge in [-0.05, 0) is 50.3 Å². The highest BCUT2D eigenvalue weighted by molar-refractivity contribution is 5.46. The average molecular weight is 483 g/mol. The molecule has 1 aromatic carbocycles. The summed E-state index contributed by atoms with van der Waals surface area (Å²) in [6.07, 6.45) is 8.75. The molecule has 3 atom stereocenters. The molecule has 0 spiro atoms. The molecular weight excluding hydrogens is 440 g/mol. The first-order valence-electron chi connectivity index (χ1n) is 13.7. The molecule has 7 nitrogen and oxygen atoms in total.